The van der Waals surface area contributed by atoms with E-state index in [0.29, 0.717) is 0 Å². The summed E-state index contributed by atoms with van der Waals surface area (Å²) in [6, 6.07) is 8.80. The Kier molecular flexibility index (Phi) is 5.27. The standard InChI is InChI=1S/C10H12.C2H6O2/c1-2-6-10-8-4-3-7-9(10)5-1;3-1-2-4/h1-2,5-6H,3-4,7-8H2;3-4H,1-2H2. The largest absolute Gasteiger partial charge is 0.394 e. The zero-order chi connectivity index (χ0) is 10.2. The molecule has 2 rings (SSSR count). The van der Waals surface area contributed by atoms with E-state index < -0.39 is 0 Å². The van der Waals surface area contributed by atoms with Gasteiger partial charge < -0.3 is 10.2 Å². The summed E-state index contributed by atoms with van der Waals surface area (Å²) < 4.78 is 0. The Morgan fingerprint density at radius 3 is 1.64 bits per heavy atom. The fourth-order valence-corrected chi connectivity index (χ4v) is 1.68. The molecule has 0 radical (unpaired) electrons. The predicted octanol–water partition coefficient (Wildman–Crippen LogP) is 1.54. The molecule has 1 aromatic rings. The van der Waals surface area contributed by atoms with Gasteiger partial charge in [0.15, 0.2) is 0 Å². The first-order valence-corrected chi connectivity index (χ1v) is 5.17. The van der Waals surface area contributed by atoms with Gasteiger partial charge in [0.1, 0.15) is 0 Å². The van der Waals surface area contributed by atoms with Crippen molar-refractivity contribution in [1.29, 1.82) is 0 Å². The van der Waals surface area contributed by atoms with Crippen LogP contribution in [0.15, 0.2) is 24.3 Å². The highest BCUT2D eigenvalue weighted by atomic mass is 16.3. The predicted molar refractivity (Wildman–Crippen MR) is 57.3 cm³/mol. The van der Waals surface area contributed by atoms with Crippen LogP contribution >= 0.6 is 0 Å². The molecule has 0 aromatic heterocycles. The molecule has 0 aliphatic heterocycles. The number of rotatable bonds is 1. The van der Waals surface area contributed by atoms with Crippen LogP contribution in [0, 0.1) is 0 Å². The lowest BCUT2D eigenvalue weighted by molar-refractivity contribution is 0.186. The van der Waals surface area contributed by atoms with Crippen molar-refractivity contribution in [3.8, 4) is 0 Å². The molecule has 2 N–H and O–H groups in total. The van der Waals surface area contributed by atoms with Crippen LogP contribution in [0.3, 0.4) is 0 Å². The van der Waals surface area contributed by atoms with Gasteiger partial charge in [-0.25, -0.2) is 0 Å². The highest BCUT2D eigenvalue weighted by Crippen LogP contribution is 2.19. The van der Waals surface area contributed by atoms with Gasteiger partial charge in [-0.05, 0) is 36.8 Å². The monoisotopic (exact) mass is 194 g/mol. The highest BCUT2D eigenvalue weighted by Gasteiger charge is 2.05. The Labute approximate surface area is 85.2 Å². The van der Waals surface area contributed by atoms with Crippen molar-refractivity contribution >= 4 is 0 Å². The molecular weight excluding hydrogens is 176 g/mol. The lowest BCUT2D eigenvalue weighted by Crippen LogP contribution is -2.00. The average Bonchev–Trinajstić information content (AvgIpc) is 2.30. The number of aliphatic hydroxyl groups excluding tert-OH is 2. The molecule has 2 heteroatoms. The first kappa shape index (κ1) is 11.2. The Hall–Kier alpha value is -0.860. The summed E-state index contributed by atoms with van der Waals surface area (Å²) in [6.07, 6.45) is 5.38. The summed E-state index contributed by atoms with van der Waals surface area (Å²) in [6.45, 7) is -0.250. The van der Waals surface area contributed by atoms with E-state index in [0.717, 1.165) is 0 Å². The Bertz CT molecular complexity index is 231. The van der Waals surface area contributed by atoms with Gasteiger partial charge in [0.05, 0.1) is 13.2 Å². The first-order chi connectivity index (χ1) is 6.88. The van der Waals surface area contributed by atoms with Crippen LogP contribution < -0.4 is 0 Å². The molecule has 0 unspecified atom stereocenters. The molecule has 0 heterocycles. The second-order valence-corrected chi connectivity index (χ2v) is 3.42. The number of aryl methyl sites for hydroxylation is 2. The third-order valence-corrected chi connectivity index (χ3v) is 2.36. The zero-order valence-electron chi connectivity index (χ0n) is 8.45. The first-order valence-electron chi connectivity index (χ1n) is 5.17. The van der Waals surface area contributed by atoms with Crippen molar-refractivity contribution in [3.63, 3.8) is 0 Å². The number of hydrogen-bond donors (Lipinski definition) is 2. The molecule has 0 fully saturated rings. The Morgan fingerprint density at radius 1 is 0.857 bits per heavy atom. The van der Waals surface area contributed by atoms with Crippen LogP contribution in [0.25, 0.3) is 0 Å². The molecule has 0 amide bonds. The van der Waals surface area contributed by atoms with Crippen LogP contribution in [-0.4, -0.2) is 23.4 Å². The molecule has 2 nitrogen and oxygen atoms in total. The van der Waals surface area contributed by atoms with Gasteiger partial charge >= 0.3 is 0 Å². The molecule has 0 saturated carbocycles. The van der Waals surface area contributed by atoms with Crippen molar-refractivity contribution in [3.05, 3.63) is 35.4 Å². The number of hydrogen-bond acceptors (Lipinski definition) is 2. The van der Waals surface area contributed by atoms with E-state index in [9.17, 15) is 0 Å². The number of benzene rings is 1. The van der Waals surface area contributed by atoms with Gasteiger partial charge in [-0.1, -0.05) is 24.3 Å². The van der Waals surface area contributed by atoms with E-state index >= 15 is 0 Å². The third kappa shape index (κ3) is 3.48. The molecule has 1 aliphatic rings. The van der Waals surface area contributed by atoms with E-state index in [1.807, 2.05) is 0 Å². The number of aliphatic hydroxyl groups is 2. The second kappa shape index (κ2) is 6.57. The second-order valence-electron chi connectivity index (χ2n) is 3.42. The van der Waals surface area contributed by atoms with E-state index in [2.05, 4.69) is 24.3 Å². The van der Waals surface area contributed by atoms with Gasteiger partial charge in [-0.3, -0.25) is 0 Å². The minimum atomic E-state index is -0.125. The van der Waals surface area contributed by atoms with Crippen LogP contribution in [0.2, 0.25) is 0 Å². The van der Waals surface area contributed by atoms with Crippen LogP contribution in [0.4, 0.5) is 0 Å². The van der Waals surface area contributed by atoms with Gasteiger partial charge in [0.2, 0.25) is 0 Å². The van der Waals surface area contributed by atoms with Crippen molar-refractivity contribution in [2.24, 2.45) is 0 Å². The Morgan fingerprint density at radius 2 is 1.29 bits per heavy atom. The molecular formula is C12H18O2. The molecule has 1 aromatic carbocycles. The minimum Gasteiger partial charge on any atom is -0.394 e. The van der Waals surface area contributed by atoms with E-state index in [4.69, 9.17) is 10.2 Å². The summed E-state index contributed by atoms with van der Waals surface area (Å²) in [7, 11) is 0. The highest BCUT2D eigenvalue weighted by molar-refractivity contribution is 5.28. The molecule has 78 valence electrons. The summed E-state index contributed by atoms with van der Waals surface area (Å²) >= 11 is 0. The summed E-state index contributed by atoms with van der Waals surface area (Å²) in [4.78, 5) is 0. The van der Waals surface area contributed by atoms with Crippen molar-refractivity contribution < 1.29 is 10.2 Å². The van der Waals surface area contributed by atoms with Crippen LogP contribution in [-0.2, 0) is 12.8 Å². The lowest BCUT2D eigenvalue weighted by atomic mass is 9.92. The maximum absolute atomic E-state index is 7.62. The van der Waals surface area contributed by atoms with Crippen molar-refractivity contribution in [1.82, 2.24) is 0 Å². The van der Waals surface area contributed by atoms with Crippen molar-refractivity contribution in [2.75, 3.05) is 13.2 Å². The SMILES string of the molecule is OCCO.c1ccc2c(c1)CCCC2. The van der Waals surface area contributed by atoms with Gasteiger partial charge in [0, 0.05) is 0 Å². The van der Waals surface area contributed by atoms with Crippen LogP contribution in [0.5, 0.6) is 0 Å². The third-order valence-electron chi connectivity index (χ3n) is 2.36. The Balaban J connectivity index is 0.000000213. The zero-order valence-corrected chi connectivity index (χ0v) is 8.45. The fraction of sp³-hybridized carbons (Fsp3) is 0.500. The fourth-order valence-electron chi connectivity index (χ4n) is 1.68. The summed E-state index contributed by atoms with van der Waals surface area (Å²) in [5, 5.41) is 15.2. The molecule has 0 atom stereocenters. The van der Waals surface area contributed by atoms with Gasteiger partial charge in [0.25, 0.3) is 0 Å². The summed E-state index contributed by atoms with van der Waals surface area (Å²) in [5.41, 5.74) is 3.16. The van der Waals surface area contributed by atoms with Crippen LogP contribution in [0.1, 0.15) is 24.0 Å². The number of fused-ring (bicyclic) bond motifs is 1. The minimum absolute atomic E-state index is 0.125. The molecule has 0 spiro atoms. The molecule has 1 aliphatic carbocycles. The van der Waals surface area contributed by atoms with Gasteiger partial charge in [-0.2, -0.15) is 0 Å². The maximum atomic E-state index is 7.62. The molecule has 0 bridgehead atoms. The van der Waals surface area contributed by atoms with Crippen molar-refractivity contribution in [2.45, 2.75) is 25.7 Å². The quantitative estimate of drug-likeness (QED) is 0.712. The molecule has 14 heavy (non-hydrogen) atoms. The van der Waals surface area contributed by atoms with E-state index in [1.54, 1.807) is 11.1 Å². The molecule has 0 saturated heterocycles. The topological polar surface area (TPSA) is 40.5 Å². The smallest absolute Gasteiger partial charge is 0.0662 e. The van der Waals surface area contributed by atoms with E-state index in [-0.39, 0.29) is 13.2 Å². The summed E-state index contributed by atoms with van der Waals surface area (Å²) in [5.74, 6) is 0. The lowest BCUT2D eigenvalue weighted by Gasteiger charge is -2.13. The van der Waals surface area contributed by atoms with Gasteiger partial charge in [-0.15, -0.1) is 0 Å². The normalized spacial score (nSPS) is 13.9. The maximum Gasteiger partial charge on any atom is 0.0662 e. The average molecular weight is 194 g/mol. The van der Waals surface area contributed by atoms with E-state index in [1.165, 1.54) is 25.7 Å².